The Balaban J connectivity index is 2.44. The van der Waals surface area contributed by atoms with Crippen molar-refractivity contribution in [3.8, 4) is 11.1 Å². The zero-order valence-corrected chi connectivity index (χ0v) is 16.4. The van der Waals surface area contributed by atoms with Crippen molar-refractivity contribution in [2.24, 2.45) is 0 Å². The molecule has 3 heteroatoms. The minimum atomic E-state index is -1.56. The zero-order chi connectivity index (χ0) is 16.3. The van der Waals surface area contributed by atoms with Crippen molar-refractivity contribution in [1.82, 2.24) is 0 Å². The number of hydrogen-bond acceptors (Lipinski definition) is 1. The van der Waals surface area contributed by atoms with E-state index in [4.69, 9.17) is 0 Å². The van der Waals surface area contributed by atoms with Crippen LogP contribution in [0.15, 0.2) is 36.4 Å². The molecule has 1 aliphatic rings. The monoisotopic (exact) mass is 324 g/mol. The summed E-state index contributed by atoms with van der Waals surface area (Å²) in [5.74, 6) is 0.239. The number of rotatable bonds is 2. The minimum absolute atomic E-state index is 0.239. The first-order valence-corrected chi connectivity index (χ1v) is 14.9. The molecule has 0 heterocycles. The molecule has 22 heavy (non-hydrogen) atoms. The van der Waals surface area contributed by atoms with Crippen LogP contribution < -0.4 is 10.4 Å². The Hall–Kier alpha value is -1.46. The molecule has 3 rings (SSSR count). The summed E-state index contributed by atoms with van der Waals surface area (Å²) in [5.41, 5.74) is 4.31. The largest absolute Gasteiger partial charge is 0.289 e. The maximum atomic E-state index is 13.1. The second-order valence-corrected chi connectivity index (χ2v) is 18.4. The summed E-state index contributed by atoms with van der Waals surface area (Å²) in [5, 5.41) is 2.73. The summed E-state index contributed by atoms with van der Waals surface area (Å²) in [4.78, 5) is 13.1. The molecular formula is C19H24OSi2. The van der Waals surface area contributed by atoms with Gasteiger partial charge < -0.3 is 0 Å². The molecule has 2 aromatic carbocycles. The van der Waals surface area contributed by atoms with Crippen LogP contribution in [0.2, 0.25) is 39.3 Å². The lowest BCUT2D eigenvalue weighted by atomic mass is 10.1. The maximum Gasteiger partial charge on any atom is 0.194 e. The average molecular weight is 325 g/mol. The van der Waals surface area contributed by atoms with Crippen LogP contribution in [-0.2, 0) is 0 Å². The topological polar surface area (TPSA) is 17.1 Å². The molecule has 0 fully saturated rings. The van der Waals surface area contributed by atoms with Crippen LogP contribution in [0, 0.1) is 0 Å². The number of carbonyl (C=O) groups is 1. The molecule has 0 bridgehead atoms. The first-order chi connectivity index (χ1) is 10.1. The third-order valence-electron chi connectivity index (χ3n) is 4.49. The number of hydrogen-bond donors (Lipinski definition) is 0. The second kappa shape index (κ2) is 4.77. The van der Waals surface area contributed by atoms with Crippen LogP contribution in [-0.4, -0.2) is 21.9 Å². The van der Waals surface area contributed by atoms with Crippen LogP contribution in [0.5, 0.6) is 0 Å². The summed E-state index contributed by atoms with van der Waals surface area (Å²) in [7, 11) is -3.07. The van der Waals surface area contributed by atoms with Crippen molar-refractivity contribution in [2.75, 3.05) is 0 Å². The predicted octanol–water partition coefficient (Wildman–Crippen LogP) is 3.99. The molecule has 0 spiro atoms. The highest BCUT2D eigenvalue weighted by atomic mass is 28.3. The molecule has 0 aliphatic heterocycles. The van der Waals surface area contributed by atoms with Gasteiger partial charge in [0.05, 0.1) is 16.1 Å². The molecule has 0 unspecified atom stereocenters. The third-order valence-corrected chi connectivity index (χ3v) is 8.55. The van der Waals surface area contributed by atoms with E-state index in [1.54, 1.807) is 0 Å². The van der Waals surface area contributed by atoms with Gasteiger partial charge in [-0.2, -0.15) is 0 Å². The Morgan fingerprint density at radius 3 is 1.59 bits per heavy atom. The third kappa shape index (κ3) is 2.23. The molecule has 0 atom stereocenters. The molecule has 114 valence electrons. The van der Waals surface area contributed by atoms with Gasteiger partial charge in [0, 0.05) is 11.1 Å². The summed E-state index contributed by atoms with van der Waals surface area (Å²) < 4.78 is 0. The first kappa shape index (κ1) is 15.4. The van der Waals surface area contributed by atoms with Gasteiger partial charge in [-0.25, -0.2) is 0 Å². The van der Waals surface area contributed by atoms with Gasteiger partial charge in [-0.3, -0.25) is 4.79 Å². The van der Waals surface area contributed by atoms with Crippen molar-refractivity contribution in [3.63, 3.8) is 0 Å². The van der Waals surface area contributed by atoms with Crippen LogP contribution in [0.3, 0.4) is 0 Å². The zero-order valence-electron chi connectivity index (χ0n) is 14.4. The van der Waals surface area contributed by atoms with E-state index >= 15 is 0 Å². The van der Waals surface area contributed by atoms with E-state index in [2.05, 4.69) is 63.5 Å². The standard InChI is InChI=1S/C19H24OSi2/c1-21(2,3)15-11-12-16(22(4,5)6)18-17(15)13-9-7-8-10-14(13)19(18)20/h7-12H,1-6H3. The van der Waals surface area contributed by atoms with Crippen LogP contribution in [0.25, 0.3) is 11.1 Å². The van der Waals surface area contributed by atoms with E-state index in [-0.39, 0.29) is 5.78 Å². The molecule has 0 aromatic heterocycles. The molecule has 0 N–H and O–H groups in total. The summed E-state index contributed by atoms with van der Waals surface area (Å²) in [6, 6.07) is 12.7. The van der Waals surface area contributed by atoms with Crippen LogP contribution in [0.1, 0.15) is 15.9 Å². The van der Waals surface area contributed by atoms with Crippen molar-refractivity contribution in [1.29, 1.82) is 0 Å². The minimum Gasteiger partial charge on any atom is -0.289 e. The quantitative estimate of drug-likeness (QED) is 0.652. The fourth-order valence-electron chi connectivity index (χ4n) is 3.40. The molecule has 0 amide bonds. The highest BCUT2D eigenvalue weighted by Crippen LogP contribution is 2.36. The van der Waals surface area contributed by atoms with E-state index in [0.29, 0.717) is 0 Å². The van der Waals surface area contributed by atoms with Gasteiger partial charge in [-0.05, 0) is 16.3 Å². The molecule has 0 radical (unpaired) electrons. The highest BCUT2D eigenvalue weighted by molar-refractivity contribution is 6.92. The Labute approximate surface area is 135 Å². The number of benzene rings is 2. The van der Waals surface area contributed by atoms with Gasteiger partial charge in [-0.15, -0.1) is 0 Å². The Morgan fingerprint density at radius 2 is 1.09 bits per heavy atom. The molecular weight excluding hydrogens is 300 g/mol. The Bertz CT molecular complexity index is 777. The highest BCUT2D eigenvalue weighted by Gasteiger charge is 2.36. The van der Waals surface area contributed by atoms with Gasteiger partial charge in [0.2, 0.25) is 0 Å². The first-order valence-electron chi connectivity index (χ1n) is 7.94. The summed E-state index contributed by atoms with van der Waals surface area (Å²) >= 11 is 0. The number of fused-ring (bicyclic) bond motifs is 3. The normalized spacial score (nSPS) is 14.0. The van der Waals surface area contributed by atoms with Crippen LogP contribution >= 0.6 is 0 Å². The van der Waals surface area contributed by atoms with E-state index in [1.165, 1.54) is 15.9 Å². The van der Waals surface area contributed by atoms with Gasteiger partial charge in [0.1, 0.15) is 0 Å². The molecule has 1 aliphatic carbocycles. The van der Waals surface area contributed by atoms with Gasteiger partial charge in [0.25, 0.3) is 0 Å². The molecule has 1 nitrogen and oxygen atoms in total. The SMILES string of the molecule is C[Si](C)(C)c1ccc([Si](C)(C)C)c2c1C(=O)c1ccccc1-2. The van der Waals surface area contributed by atoms with E-state index < -0.39 is 16.1 Å². The van der Waals surface area contributed by atoms with E-state index in [9.17, 15) is 4.79 Å². The van der Waals surface area contributed by atoms with Gasteiger partial charge in [-0.1, -0.05) is 80.9 Å². The van der Waals surface area contributed by atoms with Gasteiger partial charge >= 0.3 is 0 Å². The Morgan fingerprint density at radius 1 is 0.636 bits per heavy atom. The van der Waals surface area contributed by atoms with Crippen molar-refractivity contribution in [2.45, 2.75) is 39.3 Å². The lowest BCUT2D eigenvalue weighted by Gasteiger charge is -2.26. The summed E-state index contributed by atoms with van der Waals surface area (Å²) in [6.45, 7) is 14.1. The second-order valence-electron chi connectivity index (χ2n) is 8.29. The fraction of sp³-hybridized carbons (Fsp3) is 0.316. The summed E-state index contributed by atoms with van der Waals surface area (Å²) in [6.07, 6.45) is 0. The fourth-order valence-corrected chi connectivity index (χ4v) is 6.57. The Kier molecular flexibility index (Phi) is 3.35. The lowest BCUT2D eigenvalue weighted by molar-refractivity contribution is 0.104. The lowest BCUT2D eigenvalue weighted by Crippen LogP contribution is -2.45. The maximum absolute atomic E-state index is 13.1. The van der Waals surface area contributed by atoms with Crippen molar-refractivity contribution in [3.05, 3.63) is 47.5 Å². The molecule has 0 saturated carbocycles. The van der Waals surface area contributed by atoms with E-state index in [0.717, 1.165) is 16.7 Å². The van der Waals surface area contributed by atoms with Crippen molar-refractivity contribution < 1.29 is 4.79 Å². The van der Waals surface area contributed by atoms with Crippen molar-refractivity contribution >= 4 is 32.3 Å². The predicted molar refractivity (Wildman–Crippen MR) is 101 cm³/mol. The number of ketones is 1. The van der Waals surface area contributed by atoms with Crippen LogP contribution in [0.4, 0.5) is 0 Å². The molecule has 0 saturated heterocycles. The average Bonchev–Trinajstić information content (AvgIpc) is 2.71. The smallest absolute Gasteiger partial charge is 0.194 e. The van der Waals surface area contributed by atoms with Gasteiger partial charge in [0.15, 0.2) is 5.78 Å². The van der Waals surface area contributed by atoms with E-state index in [1.807, 2.05) is 12.1 Å². The number of carbonyl (C=O) groups excluding carboxylic acids is 1. The molecule has 2 aromatic rings.